The van der Waals surface area contributed by atoms with Crippen molar-refractivity contribution >= 4 is 12.2 Å². The van der Waals surface area contributed by atoms with E-state index in [0.29, 0.717) is 23.3 Å². The van der Waals surface area contributed by atoms with Gasteiger partial charge in [0, 0.05) is 11.6 Å². The van der Waals surface area contributed by atoms with E-state index >= 15 is 0 Å². The summed E-state index contributed by atoms with van der Waals surface area (Å²) in [5.74, 6) is 0.668. The number of benzene rings is 1. The molecule has 0 bridgehead atoms. The number of aldehydes is 1. The number of rotatable bonds is 7. The van der Waals surface area contributed by atoms with Gasteiger partial charge in [-0.2, -0.15) is 0 Å². The maximum Gasteiger partial charge on any atom is 0.258 e. The molecule has 0 heterocycles. The normalized spacial score (nSPS) is 11.5. The summed E-state index contributed by atoms with van der Waals surface area (Å²) in [5, 5.41) is 2.79. The molecular formula is C14H19NO4. The average Bonchev–Trinajstić information content (AvgIpc) is 2.44. The predicted octanol–water partition coefficient (Wildman–Crippen LogP) is 1.80. The van der Waals surface area contributed by atoms with Crippen LogP contribution >= 0.6 is 0 Å². The van der Waals surface area contributed by atoms with Crippen molar-refractivity contribution in [3.8, 4) is 11.5 Å². The second-order valence-corrected chi connectivity index (χ2v) is 4.19. The molecule has 1 atom stereocenters. The first-order chi connectivity index (χ1) is 9.10. The molecule has 1 aromatic carbocycles. The van der Waals surface area contributed by atoms with Crippen LogP contribution in [-0.4, -0.2) is 32.0 Å². The molecule has 5 nitrogen and oxygen atoms in total. The van der Waals surface area contributed by atoms with Gasteiger partial charge in [0.05, 0.1) is 7.11 Å². The molecule has 1 rings (SSSR count). The molecule has 104 valence electrons. The van der Waals surface area contributed by atoms with Crippen LogP contribution < -0.4 is 14.8 Å². The highest BCUT2D eigenvalue weighted by Gasteiger charge is 2.10. The third-order valence-electron chi connectivity index (χ3n) is 2.70. The van der Waals surface area contributed by atoms with E-state index in [9.17, 15) is 9.59 Å². The number of hydrogen-bond acceptors (Lipinski definition) is 4. The van der Waals surface area contributed by atoms with E-state index in [1.165, 1.54) is 7.11 Å². The van der Waals surface area contributed by atoms with Crippen molar-refractivity contribution in [3.63, 3.8) is 0 Å². The Hall–Kier alpha value is -2.04. The van der Waals surface area contributed by atoms with Crippen molar-refractivity contribution in [1.82, 2.24) is 5.32 Å². The van der Waals surface area contributed by atoms with Crippen molar-refractivity contribution in [2.24, 2.45) is 0 Å². The van der Waals surface area contributed by atoms with Gasteiger partial charge in [0.1, 0.15) is 6.29 Å². The van der Waals surface area contributed by atoms with Gasteiger partial charge in [0.15, 0.2) is 18.1 Å². The van der Waals surface area contributed by atoms with Gasteiger partial charge in [-0.1, -0.05) is 6.92 Å². The van der Waals surface area contributed by atoms with Gasteiger partial charge in [-0.05, 0) is 31.5 Å². The van der Waals surface area contributed by atoms with E-state index in [1.807, 2.05) is 13.8 Å². The number of amides is 1. The smallest absolute Gasteiger partial charge is 0.258 e. The molecular weight excluding hydrogens is 246 g/mol. The van der Waals surface area contributed by atoms with Crippen molar-refractivity contribution < 1.29 is 19.1 Å². The van der Waals surface area contributed by atoms with E-state index in [0.717, 1.165) is 6.42 Å². The average molecular weight is 265 g/mol. The molecule has 0 aliphatic carbocycles. The van der Waals surface area contributed by atoms with Gasteiger partial charge in [0.2, 0.25) is 0 Å². The number of ether oxygens (including phenoxy) is 2. The molecule has 1 amide bonds. The molecule has 19 heavy (non-hydrogen) atoms. The van der Waals surface area contributed by atoms with Gasteiger partial charge in [0.25, 0.3) is 5.91 Å². The second-order valence-electron chi connectivity index (χ2n) is 4.19. The fourth-order valence-corrected chi connectivity index (χ4v) is 1.44. The summed E-state index contributed by atoms with van der Waals surface area (Å²) in [7, 11) is 1.50. The number of carbonyl (C=O) groups excluding carboxylic acids is 2. The van der Waals surface area contributed by atoms with Crippen LogP contribution in [0.3, 0.4) is 0 Å². The summed E-state index contributed by atoms with van der Waals surface area (Å²) in [4.78, 5) is 22.3. The molecule has 0 spiro atoms. The first-order valence-corrected chi connectivity index (χ1v) is 6.16. The Morgan fingerprint density at radius 1 is 1.42 bits per heavy atom. The maximum absolute atomic E-state index is 11.6. The summed E-state index contributed by atoms with van der Waals surface area (Å²) in [5.41, 5.74) is 0.470. The molecule has 0 radical (unpaired) electrons. The van der Waals surface area contributed by atoms with Crippen molar-refractivity contribution in [1.29, 1.82) is 0 Å². The molecule has 1 N–H and O–H groups in total. The monoisotopic (exact) mass is 265 g/mol. The summed E-state index contributed by atoms with van der Waals surface area (Å²) in [6.45, 7) is 3.80. The van der Waals surface area contributed by atoms with Crippen LogP contribution in [0.15, 0.2) is 18.2 Å². The number of nitrogens with one attached hydrogen (secondary N) is 1. The molecule has 0 saturated heterocycles. The lowest BCUT2D eigenvalue weighted by Crippen LogP contribution is -2.35. The Kier molecular flexibility index (Phi) is 5.85. The van der Waals surface area contributed by atoms with Crippen LogP contribution in [-0.2, 0) is 4.79 Å². The Morgan fingerprint density at radius 3 is 2.74 bits per heavy atom. The van der Waals surface area contributed by atoms with Crippen LogP contribution in [0.1, 0.15) is 30.6 Å². The van der Waals surface area contributed by atoms with E-state index in [-0.39, 0.29) is 18.6 Å². The third kappa shape index (κ3) is 4.62. The maximum atomic E-state index is 11.6. The molecule has 1 aromatic rings. The predicted molar refractivity (Wildman–Crippen MR) is 71.8 cm³/mol. The highest BCUT2D eigenvalue weighted by atomic mass is 16.5. The number of carbonyl (C=O) groups is 2. The highest BCUT2D eigenvalue weighted by molar-refractivity contribution is 5.78. The molecule has 5 heteroatoms. The third-order valence-corrected chi connectivity index (χ3v) is 2.70. The lowest BCUT2D eigenvalue weighted by molar-refractivity contribution is -0.123. The molecule has 0 aromatic heterocycles. The van der Waals surface area contributed by atoms with Gasteiger partial charge in [-0.15, -0.1) is 0 Å². The summed E-state index contributed by atoms with van der Waals surface area (Å²) in [6, 6.07) is 4.91. The standard InChI is InChI=1S/C14H19NO4/c1-4-10(2)15-14(17)9-19-13-7-11(8-16)5-6-12(13)18-3/h5-8,10H,4,9H2,1-3H3,(H,15,17)/t10-/m0/s1. The Morgan fingerprint density at radius 2 is 2.16 bits per heavy atom. The first kappa shape index (κ1) is 15.0. The summed E-state index contributed by atoms with van der Waals surface area (Å²) in [6.07, 6.45) is 1.57. The zero-order valence-corrected chi connectivity index (χ0v) is 11.4. The molecule has 0 aliphatic rings. The zero-order chi connectivity index (χ0) is 14.3. The molecule has 0 saturated carbocycles. The van der Waals surface area contributed by atoms with Crippen LogP contribution in [0.2, 0.25) is 0 Å². The van der Waals surface area contributed by atoms with E-state index < -0.39 is 0 Å². The van der Waals surface area contributed by atoms with E-state index in [4.69, 9.17) is 9.47 Å². The molecule has 0 aliphatic heterocycles. The van der Waals surface area contributed by atoms with Crippen molar-refractivity contribution in [2.45, 2.75) is 26.3 Å². The lowest BCUT2D eigenvalue weighted by atomic mass is 10.2. The minimum absolute atomic E-state index is 0.108. The van der Waals surface area contributed by atoms with Gasteiger partial charge >= 0.3 is 0 Å². The van der Waals surface area contributed by atoms with Crippen LogP contribution in [0, 0.1) is 0 Å². The number of methoxy groups -OCH3 is 1. The minimum Gasteiger partial charge on any atom is -0.493 e. The first-order valence-electron chi connectivity index (χ1n) is 6.16. The fourth-order valence-electron chi connectivity index (χ4n) is 1.44. The van der Waals surface area contributed by atoms with Gasteiger partial charge < -0.3 is 14.8 Å². The Balaban J connectivity index is 2.65. The van der Waals surface area contributed by atoms with Crippen LogP contribution in [0.25, 0.3) is 0 Å². The van der Waals surface area contributed by atoms with Gasteiger partial charge in [-0.25, -0.2) is 0 Å². The fraction of sp³-hybridized carbons (Fsp3) is 0.429. The largest absolute Gasteiger partial charge is 0.493 e. The quantitative estimate of drug-likeness (QED) is 0.763. The molecule has 0 fully saturated rings. The van der Waals surface area contributed by atoms with Crippen LogP contribution in [0.5, 0.6) is 11.5 Å². The van der Waals surface area contributed by atoms with E-state index in [2.05, 4.69) is 5.32 Å². The van der Waals surface area contributed by atoms with Crippen molar-refractivity contribution in [3.05, 3.63) is 23.8 Å². The number of hydrogen-bond donors (Lipinski definition) is 1. The molecule has 0 unspecified atom stereocenters. The summed E-state index contributed by atoms with van der Waals surface area (Å²) >= 11 is 0. The lowest BCUT2D eigenvalue weighted by Gasteiger charge is -2.13. The SMILES string of the molecule is CC[C@H](C)NC(=O)COc1cc(C=O)ccc1OC. The van der Waals surface area contributed by atoms with E-state index in [1.54, 1.807) is 18.2 Å². The Labute approximate surface area is 112 Å². The minimum atomic E-state index is -0.201. The van der Waals surface area contributed by atoms with Gasteiger partial charge in [-0.3, -0.25) is 9.59 Å². The second kappa shape index (κ2) is 7.41. The topological polar surface area (TPSA) is 64.6 Å². The summed E-state index contributed by atoms with van der Waals surface area (Å²) < 4.78 is 10.5. The zero-order valence-electron chi connectivity index (χ0n) is 11.4. The van der Waals surface area contributed by atoms with Crippen LogP contribution in [0.4, 0.5) is 0 Å². The van der Waals surface area contributed by atoms with Crippen molar-refractivity contribution in [2.75, 3.05) is 13.7 Å². The highest BCUT2D eigenvalue weighted by Crippen LogP contribution is 2.27. The Bertz CT molecular complexity index is 445.